The Balaban J connectivity index is 2.22. The van der Waals surface area contributed by atoms with E-state index in [0.717, 1.165) is 6.42 Å². The molecule has 72 valence electrons. The van der Waals surface area contributed by atoms with Crippen LogP contribution in [-0.2, 0) is 19.3 Å². The van der Waals surface area contributed by atoms with E-state index in [-0.39, 0.29) is 11.9 Å². The van der Waals surface area contributed by atoms with Gasteiger partial charge in [-0.15, -0.1) is 0 Å². The van der Waals surface area contributed by atoms with Gasteiger partial charge in [0.25, 0.3) is 0 Å². The highest BCUT2D eigenvalue weighted by molar-refractivity contribution is 7.90. The van der Waals surface area contributed by atoms with Gasteiger partial charge in [-0.25, -0.2) is 8.42 Å². The van der Waals surface area contributed by atoms with Gasteiger partial charge in [0.2, 0.25) is 0 Å². The minimum Gasteiger partial charge on any atom is -0.355 e. The summed E-state index contributed by atoms with van der Waals surface area (Å²) in [7, 11) is -2.84. The largest absolute Gasteiger partial charge is 0.355 e. The summed E-state index contributed by atoms with van der Waals surface area (Å²) in [6.07, 6.45) is 2.69. The molecule has 1 saturated heterocycles. The highest BCUT2D eigenvalue weighted by Crippen LogP contribution is 2.10. The zero-order chi connectivity index (χ0) is 9.03. The Morgan fingerprint density at radius 2 is 2.25 bits per heavy atom. The molecule has 4 nitrogen and oxygen atoms in total. The molecule has 1 aliphatic heterocycles. The second-order valence-corrected chi connectivity index (χ2v) is 5.28. The van der Waals surface area contributed by atoms with Gasteiger partial charge in [0.15, 0.2) is 0 Å². The van der Waals surface area contributed by atoms with Gasteiger partial charge < -0.3 is 9.47 Å². The lowest BCUT2D eigenvalue weighted by Crippen LogP contribution is -2.25. The number of ether oxygens (including phenoxy) is 2. The van der Waals surface area contributed by atoms with E-state index in [1.165, 1.54) is 6.26 Å². The Morgan fingerprint density at radius 3 is 2.75 bits per heavy atom. The van der Waals surface area contributed by atoms with Crippen LogP contribution < -0.4 is 0 Å². The smallest absolute Gasteiger partial charge is 0.147 e. The third-order valence-electron chi connectivity index (χ3n) is 1.78. The molecule has 0 aromatic carbocycles. The lowest BCUT2D eigenvalue weighted by molar-refractivity contribution is -0.138. The van der Waals surface area contributed by atoms with Crippen molar-refractivity contribution in [2.45, 2.75) is 18.9 Å². The molecule has 0 aromatic heterocycles. The van der Waals surface area contributed by atoms with Crippen molar-refractivity contribution >= 4 is 9.84 Å². The maximum Gasteiger partial charge on any atom is 0.147 e. The molecular weight excluding hydrogens is 180 g/mol. The number of hydrogen-bond acceptors (Lipinski definition) is 4. The summed E-state index contributed by atoms with van der Waals surface area (Å²) < 4.78 is 31.7. The van der Waals surface area contributed by atoms with Crippen molar-refractivity contribution in [1.29, 1.82) is 0 Å². The van der Waals surface area contributed by atoms with E-state index in [1.807, 2.05) is 0 Å². The molecule has 0 amide bonds. The summed E-state index contributed by atoms with van der Waals surface area (Å²) in [5.74, 6) is 0.206. The van der Waals surface area contributed by atoms with E-state index >= 15 is 0 Å². The van der Waals surface area contributed by atoms with Gasteiger partial charge in [0, 0.05) is 6.26 Å². The van der Waals surface area contributed by atoms with Crippen molar-refractivity contribution in [3.8, 4) is 0 Å². The Labute approximate surface area is 72.8 Å². The average molecular weight is 194 g/mol. The molecule has 0 aromatic rings. The van der Waals surface area contributed by atoms with Crippen LogP contribution in [0.4, 0.5) is 0 Å². The van der Waals surface area contributed by atoms with Gasteiger partial charge in [-0.2, -0.15) is 0 Å². The molecule has 0 aliphatic carbocycles. The molecule has 1 atom stereocenters. The third kappa shape index (κ3) is 4.04. The molecule has 12 heavy (non-hydrogen) atoms. The first-order valence-electron chi connectivity index (χ1n) is 3.95. The molecule has 1 heterocycles. The summed E-state index contributed by atoms with van der Waals surface area (Å²) in [5, 5.41) is 0. The maximum absolute atomic E-state index is 10.8. The second-order valence-electron chi connectivity index (χ2n) is 3.02. The zero-order valence-electron chi connectivity index (χ0n) is 7.15. The molecule has 1 rings (SSSR count). The zero-order valence-corrected chi connectivity index (χ0v) is 7.97. The van der Waals surface area contributed by atoms with E-state index in [0.29, 0.717) is 19.8 Å². The van der Waals surface area contributed by atoms with Gasteiger partial charge in [0.05, 0.1) is 18.5 Å². The fraction of sp³-hybridized carbons (Fsp3) is 1.00. The Hall–Kier alpha value is -0.130. The highest BCUT2D eigenvalue weighted by Gasteiger charge is 2.15. The van der Waals surface area contributed by atoms with Gasteiger partial charge in [-0.1, -0.05) is 0 Å². The topological polar surface area (TPSA) is 52.6 Å². The number of sulfone groups is 1. The molecule has 0 N–H and O–H groups in total. The minimum absolute atomic E-state index is 0.0634. The molecular formula is C7H14O4S. The van der Waals surface area contributed by atoms with Crippen LogP contribution in [0.1, 0.15) is 12.8 Å². The molecule has 0 bridgehead atoms. The van der Waals surface area contributed by atoms with Crippen LogP contribution >= 0.6 is 0 Å². The lowest BCUT2D eigenvalue weighted by atomic mass is 10.2. The molecule has 1 aliphatic rings. The number of rotatable bonds is 3. The van der Waals surface area contributed by atoms with E-state index in [2.05, 4.69) is 0 Å². The highest BCUT2D eigenvalue weighted by atomic mass is 32.2. The summed E-state index contributed by atoms with van der Waals surface area (Å²) in [4.78, 5) is 0. The quantitative estimate of drug-likeness (QED) is 0.643. The minimum atomic E-state index is -2.84. The van der Waals surface area contributed by atoms with Crippen LogP contribution in [-0.4, -0.2) is 39.9 Å². The molecule has 0 spiro atoms. The van der Waals surface area contributed by atoms with Gasteiger partial charge in [-0.3, -0.25) is 0 Å². The van der Waals surface area contributed by atoms with Crippen LogP contribution in [0.25, 0.3) is 0 Å². The van der Waals surface area contributed by atoms with E-state index in [1.54, 1.807) is 0 Å². The Morgan fingerprint density at radius 1 is 1.50 bits per heavy atom. The summed E-state index contributed by atoms with van der Waals surface area (Å²) >= 11 is 0. The van der Waals surface area contributed by atoms with Crippen molar-refractivity contribution in [3.05, 3.63) is 0 Å². The van der Waals surface area contributed by atoms with Gasteiger partial charge in [-0.05, 0) is 12.8 Å². The Kier molecular flexibility index (Phi) is 3.49. The first-order chi connectivity index (χ1) is 5.58. The van der Waals surface area contributed by atoms with Crippen LogP contribution in [0.3, 0.4) is 0 Å². The van der Waals surface area contributed by atoms with Gasteiger partial charge >= 0.3 is 0 Å². The van der Waals surface area contributed by atoms with E-state index in [4.69, 9.17) is 9.47 Å². The predicted octanol–water partition coefficient (Wildman–Crippen LogP) is 0.184. The second kappa shape index (κ2) is 4.20. The van der Waals surface area contributed by atoms with Crippen molar-refractivity contribution in [3.63, 3.8) is 0 Å². The lowest BCUT2D eigenvalue weighted by Gasteiger charge is -2.22. The van der Waals surface area contributed by atoms with Crippen molar-refractivity contribution in [2.75, 3.05) is 25.4 Å². The molecule has 1 unspecified atom stereocenters. The molecule has 0 saturated carbocycles. The standard InChI is InChI=1S/C7H14O4S/c1-12(8,9)5-3-7-2-4-10-6-11-7/h7H,2-6H2,1H3. The van der Waals surface area contributed by atoms with Crippen LogP contribution in [0.5, 0.6) is 0 Å². The summed E-state index contributed by atoms with van der Waals surface area (Å²) in [6.45, 7) is 0.975. The van der Waals surface area contributed by atoms with Gasteiger partial charge in [0.1, 0.15) is 16.6 Å². The monoisotopic (exact) mass is 194 g/mol. The third-order valence-corrected chi connectivity index (χ3v) is 2.76. The Bertz CT molecular complexity index is 216. The van der Waals surface area contributed by atoms with Crippen molar-refractivity contribution in [2.24, 2.45) is 0 Å². The maximum atomic E-state index is 10.8. The molecule has 1 fully saturated rings. The van der Waals surface area contributed by atoms with Crippen LogP contribution in [0, 0.1) is 0 Å². The summed E-state index contributed by atoms with van der Waals surface area (Å²) in [5.41, 5.74) is 0. The van der Waals surface area contributed by atoms with E-state index < -0.39 is 9.84 Å². The average Bonchev–Trinajstić information content (AvgIpc) is 2.02. The fourth-order valence-corrected chi connectivity index (χ4v) is 1.77. The first-order valence-corrected chi connectivity index (χ1v) is 6.01. The fourth-order valence-electron chi connectivity index (χ4n) is 1.07. The first kappa shape index (κ1) is 9.95. The van der Waals surface area contributed by atoms with Crippen LogP contribution in [0.2, 0.25) is 0 Å². The number of hydrogen-bond donors (Lipinski definition) is 0. The van der Waals surface area contributed by atoms with Crippen molar-refractivity contribution in [1.82, 2.24) is 0 Å². The summed E-state index contributed by atoms with van der Waals surface area (Å²) in [6, 6.07) is 0. The van der Waals surface area contributed by atoms with E-state index in [9.17, 15) is 8.42 Å². The SMILES string of the molecule is CS(=O)(=O)CCC1CCOCO1. The molecule has 5 heteroatoms. The predicted molar refractivity (Wildman–Crippen MR) is 44.6 cm³/mol. The van der Waals surface area contributed by atoms with Crippen LogP contribution in [0.15, 0.2) is 0 Å². The van der Waals surface area contributed by atoms with Crippen molar-refractivity contribution < 1.29 is 17.9 Å². The normalized spacial score (nSPS) is 25.6. The molecule has 0 radical (unpaired) electrons.